The van der Waals surface area contributed by atoms with Crippen LogP contribution in [0.25, 0.3) is 0 Å². The van der Waals surface area contributed by atoms with Crippen LogP contribution in [0.2, 0.25) is 0 Å². The van der Waals surface area contributed by atoms with Crippen molar-refractivity contribution in [2.24, 2.45) is 5.92 Å². The quantitative estimate of drug-likeness (QED) is 0.749. The normalized spacial score (nSPS) is 17.5. The highest BCUT2D eigenvalue weighted by molar-refractivity contribution is 7.89. The van der Waals surface area contributed by atoms with Crippen molar-refractivity contribution in [2.75, 3.05) is 13.1 Å². The first-order valence-electron chi connectivity index (χ1n) is 8.07. The van der Waals surface area contributed by atoms with Gasteiger partial charge >= 0.3 is 5.97 Å². The summed E-state index contributed by atoms with van der Waals surface area (Å²) in [5.74, 6) is -0.954. The summed E-state index contributed by atoms with van der Waals surface area (Å²) in [7, 11) is -3.92. The molecule has 140 valence electrons. The third-order valence-corrected chi connectivity index (χ3v) is 6.11. The first-order chi connectivity index (χ1) is 11.6. The predicted octanol–water partition coefficient (Wildman–Crippen LogP) is 0.672. The minimum absolute atomic E-state index is 0.0488. The number of carbonyl (C=O) groups excluding carboxylic acids is 1. The highest BCUT2D eigenvalue weighted by Crippen LogP contribution is 2.22. The van der Waals surface area contributed by atoms with Gasteiger partial charge in [0.1, 0.15) is 10.6 Å². The Kier molecular flexibility index (Phi) is 5.83. The molecule has 1 saturated heterocycles. The SMILES string of the molecule is Cc1noc(C)c1S(=O)(=O)NC(C)C(=O)N1CCC(CC(=O)O)CC1. The van der Waals surface area contributed by atoms with E-state index in [0.29, 0.717) is 25.9 Å². The maximum absolute atomic E-state index is 12.5. The smallest absolute Gasteiger partial charge is 0.303 e. The van der Waals surface area contributed by atoms with E-state index in [-0.39, 0.29) is 34.6 Å². The van der Waals surface area contributed by atoms with Crippen molar-refractivity contribution in [3.8, 4) is 0 Å². The maximum atomic E-state index is 12.5. The molecule has 1 unspecified atom stereocenters. The number of aryl methyl sites for hydroxylation is 2. The summed E-state index contributed by atoms with van der Waals surface area (Å²) >= 11 is 0. The molecule has 0 aliphatic carbocycles. The third kappa shape index (κ3) is 4.57. The average molecular weight is 373 g/mol. The molecule has 0 saturated carbocycles. The average Bonchev–Trinajstić information content (AvgIpc) is 2.86. The number of nitrogens with zero attached hydrogens (tertiary/aromatic N) is 2. The molecule has 1 fully saturated rings. The number of piperidine rings is 1. The first kappa shape index (κ1) is 19.4. The van der Waals surface area contributed by atoms with Crippen LogP contribution < -0.4 is 4.72 Å². The topological polar surface area (TPSA) is 130 Å². The number of nitrogens with one attached hydrogen (secondary N) is 1. The highest BCUT2D eigenvalue weighted by Gasteiger charge is 2.31. The molecule has 0 spiro atoms. The van der Waals surface area contributed by atoms with Crippen LogP contribution in [0.4, 0.5) is 0 Å². The summed E-state index contributed by atoms with van der Waals surface area (Å²) in [6.45, 7) is 5.35. The van der Waals surface area contributed by atoms with Gasteiger partial charge in [-0.3, -0.25) is 9.59 Å². The second kappa shape index (κ2) is 7.52. The zero-order valence-corrected chi connectivity index (χ0v) is 15.3. The van der Waals surface area contributed by atoms with Crippen molar-refractivity contribution < 1.29 is 27.6 Å². The zero-order valence-electron chi connectivity index (χ0n) is 14.5. The van der Waals surface area contributed by atoms with Gasteiger partial charge < -0.3 is 14.5 Å². The maximum Gasteiger partial charge on any atom is 0.303 e. The molecule has 2 N–H and O–H groups in total. The Hall–Kier alpha value is -1.94. The summed E-state index contributed by atoms with van der Waals surface area (Å²) in [5, 5.41) is 12.4. The fraction of sp³-hybridized carbons (Fsp3) is 0.667. The molecule has 1 aliphatic rings. The van der Waals surface area contributed by atoms with Gasteiger partial charge in [-0.25, -0.2) is 8.42 Å². The Balaban J connectivity index is 1.98. The highest BCUT2D eigenvalue weighted by atomic mass is 32.2. The largest absolute Gasteiger partial charge is 0.481 e. The molecule has 1 aromatic heterocycles. The third-order valence-electron chi connectivity index (χ3n) is 4.33. The van der Waals surface area contributed by atoms with Crippen LogP contribution in [-0.2, 0) is 19.6 Å². The second-order valence-corrected chi connectivity index (χ2v) is 8.01. The molecule has 0 bridgehead atoms. The molecule has 2 rings (SSSR count). The standard InChI is InChI=1S/C15H23N3O6S/c1-9-14(11(3)24-16-9)25(22,23)17-10(2)15(21)18-6-4-12(5-7-18)8-13(19)20/h10,12,17H,4-8H2,1-3H3,(H,19,20). The Morgan fingerprint density at radius 2 is 1.96 bits per heavy atom. The zero-order chi connectivity index (χ0) is 18.8. The first-order valence-corrected chi connectivity index (χ1v) is 9.56. The fourth-order valence-electron chi connectivity index (χ4n) is 3.08. The monoisotopic (exact) mass is 373 g/mol. The number of carboxylic acids is 1. The Morgan fingerprint density at radius 3 is 2.44 bits per heavy atom. The lowest BCUT2D eigenvalue weighted by Crippen LogP contribution is -2.49. The van der Waals surface area contributed by atoms with E-state index in [1.165, 1.54) is 20.8 Å². The lowest BCUT2D eigenvalue weighted by molar-refractivity contribution is -0.138. The molecule has 2 heterocycles. The van der Waals surface area contributed by atoms with Crippen molar-refractivity contribution in [3.05, 3.63) is 11.5 Å². The van der Waals surface area contributed by atoms with Gasteiger partial charge in [-0.2, -0.15) is 4.72 Å². The van der Waals surface area contributed by atoms with Crippen LogP contribution >= 0.6 is 0 Å². The lowest BCUT2D eigenvalue weighted by Gasteiger charge is -2.33. The summed E-state index contributed by atoms with van der Waals surface area (Å²) in [4.78, 5) is 24.8. The number of rotatable bonds is 6. The number of likely N-dealkylation sites (tertiary alicyclic amines) is 1. The Labute approximate surface area is 146 Å². The number of aromatic nitrogens is 1. The summed E-state index contributed by atoms with van der Waals surface area (Å²) in [6, 6.07) is -0.935. The van der Waals surface area contributed by atoms with Crippen LogP contribution in [0, 0.1) is 19.8 Å². The minimum atomic E-state index is -3.92. The molecule has 10 heteroatoms. The number of hydrogen-bond donors (Lipinski definition) is 2. The van der Waals surface area contributed by atoms with E-state index in [1.807, 2.05) is 0 Å². The van der Waals surface area contributed by atoms with Crippen LogP contribution in [0.3, 0.4) is 0 Å². The molecule has 0 aromatic carbocycles. The van der Waals surface area contributed by atoms with Gasteiger partial charge in [-0.15, -0.1) is 0 Å². The van der Waals surface area contributed by atoms with E-state index in [0.717, 1.165) is 0 Å². The van der Waals surface area contributed by atoms with Gasteiger partial charge in [0.15, 0.2) is 5.76 Å². The number of sulfonamides is 1. The predicted molar refractivity (Wildman–Crippen MR) is 87.3 cm³/mol. The molecule has 25 heavy (non-hydrogen) atoms. The van der Waals surface area contributed by atoms with Crippen LogP contribution in [-0.4, -0.2) is 54.6 Å². The summed E-state index contributed by atoms with van der Waals surface area (Å²) in [5.41, 5.74) is 0.235. The van der Waals surface area contributed by atoms with E-state index in [1.54, 1.807) is 4.90 Å². The van der Waals surface area contributed by atoms with E-state index >= 15 is 0 Å². The van der Waals surface area contributed by atoms with E-state index in [2.05, 4.69) is 9.88 Å². The molecule has 1 aliphatic heterocycles. The second-order valence-electron chi connectivity index (χ2n) is 6.36. The Bertz CT molecular complexity index is 730. The molecule has 1 atom stereocenters. The van der Waals surface area contributed by atoms with Crippen LogP contribution in [0.1, 0.15) is 37.6 Å². The van der Waals surface area contributed by atoms with Crippen LogP contribution in [0.15, 0.2) is 9.42 Å². The molecule has 9 nitrogen and oxygen atoms in total. The van der Waals surface area contributed by atoms with E-state index < -0.39 is 22.0 Å². The lowest BCUT2D eigenvalue weighted by atomic mass is 9.93. The minimum Gasteiger partial charge on any atom is -0.481 e. The van der Waals surface area contributed by atoms with Gasteiger partial charge in [-0.05, 0) is 39.5 Å². The van der Waals surface area contributed by atoms with Gasteiger partial charge in [0.2, 0.25) is 15.9 Å². The van der Waals surface area contributed by atoms with E-state index in [4.69, 9.17) is 9.63 Å². The summed E-state index contributed by atoms with van der Waals surface area (Å²) < 4.78 is 32.2. The molecule has 1 amide bonds. The van der Waals surface area contributed by atoms with Crippen molar-refractivity contribution in [2.45, 2.75) is 51.0 Å². The van der Waals surface area contributed by atoms with Gasteiger partial charge in [-0.1, -0.05) is 5.16 Å². The molecule has 0 radical (unpaired) electrons. The number of aliphatic carboxylic acids is 1. The van der Waals surface area contributed by atoms with Gasteiger partial charge in [0, 0.05) is 19.5 Å². The number of hydrogen-bond acceptors (Lipinski definition) is 6. The van der Waals surface area contributed by atoms with Crippen molar-refractivity contribution in [3.63, 3.8) is 0 Å². The molecule has 1 aromatic rings. The Morgan fingerprint density at radius 1 is 1.36 bits per heavy atom. The van der Waals surface area contributed by atoms with E-state index in [9.17, 15) is 18.0 Å². The fourth-order valence-corrected chi connectivity index (χ4v) is 4.60. The molecular formula is C15H23N3O6S. The van der Waals surface area contributed by atoms with Crippen LogP contribution in [0.5, 0.6) is 0 Å². The van der Waals surface area contributed by atoms with Crippen molar-refractivity contribution >= 4 is 21.9 Å². The molecular weight excluding hydrogens is 350 g/mol. The number of amides is 1. The number of carboxylic acid groups (broad SMARTS) is 1. The summed E-state index contributed by atoms with van der Waals surface area (Å²) in [6.07, 6.45) is 1.29. The van der Waals surface area contributed by atoms with Gasteiger partial charge in [0.05, 0.1) is 6.04 Å². The van der Waals surface area contributed by atoms with Gasteiger partial charge in [0.25, 0.3) is 0 Å². The van der Waals surface area contributed by atoms with Crippen molar-refractivity contribution in [1.29, 1.82) is 0 Å². The van der Waals surface area contributed by atoms with Crippen molar-refractivity contribution in [1.82, 2.24) is 14.8 Å². The number of carbonyl (C=O) groups is 2.